The van der Waals surface area contributed by atoms with Gasteiger partial charge < -0.3 is 9.47 Å². The van der Waals surface area contributed by atoms with Crippen LogP contribution in [0.1, 0.15) is 28.4 Å². The highest BCUT2D eigenvalue weighted by Gasteiger charge is 2.30. The van der Waals surface area contributed by atoms with Crippen LogP contribution in [-0.2, 0) is 4.79 Å². The number of esters is 1. The summed E-state index contributed by atoms with van der Waals surface area (Å²) in [4.78, 5) is 24.3. The number of Topliss-reactive ketones (excluding diaryl/α,β-unsaturated/α-hetero) is 1. The molecule has 0 fully saturated rings. The van der Waals surface area contributed by atoms with E-state index in [0.29, 0.717) is 32.5 Å². The van der Waals surface area contributed by atoms with E-state index in [0.717, 1.165) is 0 Å². The van der Waals surface area contributed by atoms with Crippen molar-refractivity contribution in [2.24, 2.45) is 0 Å². The molecule has 4 nitrogen and oxygen atoms in total. The number of alkyl halides is 1. The van der Waals surface area contributed by atoms with Crippen molar-refractivity contribution in [3.05, 3.63) is 62.8 Å². The number of halogens is 3. The van der Waals surface area contributed by atoms with E-state index >= 15 is 0 Å². The Labute approximate surface area is 165 Å². The summed E-state index contributed by atoms with van der Waals surface area (Å²) in [5.74, 6) is -0.152. The third-order valence-corrected chi connectivity index (χ3v) is 4.48. The molecule has 0 bridgehead atoms. The highest BCUT2D eigenvalue weighted by Crippen LogP contribution is 2.38. The summed E-state index contributed by atoms with van der Waals surface area (Å²) in [5, 5.41) is 0.114. The third kappa shape index (κ3) is 3.73. The van der Waals surface area contributed by atoms with Gasteiger partial charge in [-0.1, -0.05) is 29.3 Å². The molecule has 7 heteroatoms. The lowest BCUT2D eigenvalue weighted by Crippen LogP contribution is -2.17. The number of carbonyl (C=O) groups is 2. The van der Waals surface area contributed by atoms with E-state index in [1.165, 1.54) is 13.0 Å². The molecule has 0 N–H and O–H groups in total. The maximum absolute atomic E-state index is 12.7. The lowest BCUT2D eigenvalue weighted by Gasteiger charge is -2.08. The van der Waals surface area contributed by atoms with Gasteiger partial charge >= 0.3 is 5.97 Å². The maximum Gasteiger partial charge on any atom is 0.329 e. The molecule has 1 atom stereocenters. The van der Waals surface area contributed by atoms with Crippen molar-refractivity contribution in [3.8, 4) is 11.5 Å². The van der Waals surface area contributed by atoms with Crippen LogP contribution in [0.5, 0.6) is 11.5 Å². The van der Waals surface area contributed by atoms with Gasteiger partial charge in [-0.3, -0.25) is 9.59 Å². The van der Waals surface area contributed by atoms with E-state index in [2.05, 4.69) is 0 Å². The van der Waals surface area contributed by atoms with Crippen molar-refractivity contribution < 1.29 is 19.1 Å². The minimum Gasteiger partial charge on any atom is -0.452 e. The summed E-state index contributed by atoms with van der Waals surface area (Å²) in [6.45, 7) is 3.25. The van der Waals surface area contributed by atoms with Crippen molar-refractivity contribution in [1.29, 1.82) is 0 Å². The molecule has 134 valence electrons. The molecule has 2 aromatic rings. The molecule has 0 radical (unpaired) electrons. The van der Waals surface area contributed by atoms with Gasteiger partial charge in [-0.25, -0.2) is 0 Å². The largest absolute Gasteiger partial charge is 0.452 e. The Morgan fingerprint density at radius 1 is 1.23 bits per heavy atom. The van der Waals surface area contributed by atoms with Crippen molar-refractivity contribution in [1.82, 2.24) is 0 Å². The summed E-state index contributed by atoms with van der Waals surface area (Å²) in [6.07, 6.45) is 1.55. The summed E-state index contributed by atoms with van der Waals surface area (Å²) in [6, 6.07) is 8.02. The molecule has 26 heavy (non-hydrogen) atoms. The van der Waals surface area contributed by atoms with Crippen LogP contribution >= 0.6 is 34.8 Å². The number of ketones is 1. The van der Waals surface area contributed by atoms with Crippen LogP contribution in [0, 0.1) is 6.92 Å². The zero-order valence-electron chi connectivity index (χ0n) is 13.8. The summed E-state index contributed by atoms with van der Waals surface area (Å²) in [7, 11) is 0. The maximum atomic E-state index is 12.7. The highest BCUT2D eigenvalue weighted by molar-refractivity contribution is 6.35. The highest BCUT2D eigenvalue weighted by atomic mass is 35.5. The Morgan fingerprint density at radius 3 is 2.62 bits per heavy atom. The van der Waals surface area contributed by atoms with Crippen LogP contribution in [0.2, 0.25) is 10.0 Å². The molecular weight excluding hydrogens is 399 g/mol. The van der Waals surface area contributed by atoms with E-state index < -0.39 is 11.3 Å². The van der Waals surface area contributed by atoms with Gasteiger partial charge in [-0.2, -0.15) is 0 Å². The average Bonchev–Trinajstić information content (AvgIpc) is 2.86. The molecule has 0 saturated carbocycles. The van der Waals surface area contributed by atoms with Crippen molar-refractivity contribution in [2.45, 2.75) is 19.2 Å². The van der Waals surface area contributed by atoms with Crippen LogP contribution < -0.4 is 9.47 Å². The third-order valence-electron chi connectivity index (χ3n) is 3.74. The lowest BCUT2D eigenvalue weighted by molar-refractivity contribution is -0.133. The zero-order chi connectivity index (χ0) is 19.0. The zero-order valence-corrected chi connectivity index (χ0v) is 16.1. The van der Waals surface area contributed by atoms with Gasteiger partial charge in [0, 0.05) is 16.1 Å². The fraction of sp³-hybridized carbons (Fsp3) is 0.158. The first-order chi connectivity index (χ1) is 12.3. The van der Waals surface area contributed by atoms with E-state index in [4.69, 9.17) is 44.3 Å². The monoisotopic (exact) mass is 410 g/mol. The molecule has 0 aromatic heterocycles. The molecule has 0 saturated heterocycles. The first kappa shape index (κ1) is 18.8. The van der Waals surface area contributed by atoms with Gasteiger partial charge in [0.2, 0.25) is 5.78 Å². The Morgan fingerprint density at radius 2 is 1.96 bits per heavy atom. The van der Waals surface area contributed by atoms with Crippen molar-refractivity contribution in [2.75, 3.05) is 0 Å². The van der Waals surface area contributed by atoms with Gasteiger partial charge in [0.25, 0.3) is 0 Å². The molecular formula is C19H13Cl3O4. The Hall–Kier alpha value is -2.01. The molecule has 0 aliphatic carbocycles. The predicted octanol–water partition coefficient (Wildman–Crippen LogP) is 5.45. The van der Waals surface area contributed by atoms with Crippen LogP contribution in [0.3, 0.4) is 0 Å². The van der Waals surface area contributed by atoms with E-state index in [1.54, 1.807) is 37.3 Å². The molecule has 1 unspecified atom stereocenters. The second-order valence-corrected chi connectivity index (χ2v) is 7.25. The van der Waals surface area contributed by atoms with Crippen molar-refractivity contribution in [3.63, 3.8) is 0 Å². The quantitative estimate of drug-likeness (QED) is 0.292. The number of fused-ring (bicyclic) bond motifs is 1. The van der Waals surface area contributed by atoms with Gasteiger partial charge in [0.15, 0.2) is 5.76 Å². The molecule has 1 heterocycles. The Balaban J connectivity index is 1.94. The fourth-order valence-corrected chi connectivity index (χ4v) is 3.00. The van der Waals surface area contributed by atoms with E-state index in [-0.39, 0.29) is 17.3 Å². The van der Waals surface area contributed by atoms with Crippen LogP contribution in [0.4, 0.5) is 0 Å². The standard InChI is InChI=1S/C19H13Cl3O4/c1-9-5-13(25-19(24)10(2)20)8-15-17(9)18(23)16(26-15)6-11-3-4-12(21)7-14(11)22/h3-8,10H,1-2H3/b16-6-. The summed E-state index contributed by atoms with van der Waals surface area (Å²) in [5.41, 5.74) is 1.65. The number of hydrogen-bond acceptors (Lipinski definition) is 4. The topological polar surface area (TPSA) is 52.6 Å². The second kappa shape index (κ2) is 7.31. The SMILES string of the molecule is Cc1cc(OC(=O)C(C)Cl)cc2c1C(=O)/C(=C/c1ccc(Cl)cc1Cl)O2. The summed E-state index contributed by atoms with van der Waals surface area (Å²) < 4.78 is 10.9. The number of allylic oxidation sites excluding steroid dienone is 1. The predicted molar refractivity (Wildman–Crippen MR) is 102 cm³/mol. The minimum atomic E-state index is -0.784. The first-order valence-corrected chi connectivity index (χ1v) is 8.85. The van der Waals surface area contributed by atoms with Gasteiger partial charge in [0.1, 0.15) is 16.9 Å². The molecule has 1 aliphatic heterocycles. The first-order valence-electron chi connectivity index (χ1n) is 7.66. The normalized spacial score (nSPS) is 15.6. The molecule has 0 amide bonds. The number of rotatable bonds is 3. The molecule has 1 aliphatic rings. The van der Waals surface area contributed by atoms with Crippen LogP contribution in [0.25, 0.3) is 6.08 Å². The average molecular weight is 412 g/mol. The fourth-order valence-electron chi connectivity index (χ4n) is 2.49. The summed E-state index contributed by atoms with van der Waals surface area (Å²) >= 11 is 17.7. The van der Waals surface area contributed by atoms with Crippen molar-refractivity contribution >= 4 is 52.6 Å². The van der Waals surface area contributed by atoms with Gasteiger partial charge in [0.05, 0.1) is 5.56 Å². The Bertz CT molecular complexity index is 948. The molecule has 0 spiro atoms. The number of benzene rings is 2. The van der Waals surface area contributed by atoms with Gasteiger partial charge in [-0.15, -0.1) is 11.6 Å². The smallest absolute Gasteiger partial charge is 0.329 e. The number of carbonyl (C=O) groups excluding carboxylic acids is 2. The van der Waals surface area contributed by atoms with E-state index in [9.17, 15) is 9.59 Å². The minimum absolute atomic E-state index is 0.126. The lowest BCUT2D eigenvalue weighted by atomic mass is 10.0. The van der Waals surface area contributed by atoms with Crippen LogP contribution in [-0.4, -0.2) is 17.1 Å². The Kier molecular flexibility index (Phi) is 5.28. The molecule has 2 aromatic carbocycles. The van der Waals surface area contributed by atoms with Gasteiger partial charge in [-0.05, 0) is 49.2 Å². The number of hydrogen-bond donors (Lipinski definition) is 0. The number of ether oxygens (including phenoxy) is 2. The number of aryl methyl sites for hydroxylation is 1. The van der Waals surface area contributed by atoms with Crippen LogP contribution in [0.15, 0.2) is 36.1 Å². The second-order valence-electron chi connectivity index (χ2n) is 5.76. The molecule has 3 rings (SSSR count). The van der Waals surface area contributed by atoms with E-state index in [1.807, 2.05) is 0 Å².